The predicted octanol–water partition coefficient (Wildman–Crippen LogP) is 3.95. The fraction of sp³-hybridized carbons (Fsp3) is 0.375. The number of aromatic nitrogens is 1. The molecule has 1 atom stereocenters. The Morgan fingerprint density at radius 1 is 1.03 bits per heavy atom. The topological polar surface area (TPSA) is 65.8 Å². The molecule has 0 spiro atoms. The van der Waals surface area contributed by atoms with Crippen molar-refractivity contribution >= 4 is 43.6 Å². The molecule has 0 amide bonds. The lowest BCUT2D eigenvalue weighted by atomic mass is 10.1. The highest BCUT2D eigenvalue weighted by molar-refractivity contribution is 7.36. The molecule has 4 heterocycles. The summed E-state index contributed by atoms with van der Waals surface area (Å²) in [7, 11) is 2.24. The zero-order valence-electron chi connectivity index (χ0n) is 19.2. The van der Waals surface area contributed by atoms with Gasteiger partial charge in [-0.05, 0) is 33.0 Å². The van der Waals surface area contributed by atoms with Gasteiger partial charge in [0.05, 0.1) is 37.3 Å². The van der Waals surface area contributed by atoms with Crippen LogP contribution in [0.1, 0.15) is 12.0 Å². The molecule has 2 aromatic rings. The summed E-state index contributed by atoms with van der Waals surface area (Å²) in [4.78, 5) is 19.0. The Morgan fingerprint density at radius 3 is 2.68 bits per heavy atom. The first-order valence-electron chi connectivity index (χ1n) is 11.4. The van der Waals surface area contributed by atoms with Gasteiger partial charge in [0.25, 0.3) is 0 Å². The van der Waals surface area contributed by atoms with Crippen LogP contribution in [0, 0.1) is 0 Å². The third kappa shape index (κ3) is 5.19. The monoisotopic (exact) mass is 498 g/mol. The van der Waals surface area contributed by atoms with E-state index in [2.05, 4.69) is 31.6 Å². The quantitative estimate of drug-likeness (QED) is 0.597. The average molecular weight is 499 g/mol. The van der Waals surface area contributed by atoms with Gasteiger partial charge < -0.3 is 23.9 Å². The van der Waals surface area contributed by atoms with Crippen molar-refractivity contribution in [2.75, 3.05) is 57.7 Å². The van der Waals surface area contributed by atoms with Crippen LogP contribution in [-0.2, 0) is 4.74 Å². The molecular weight excluding hydrogens is 471 g/mol. The molecule has 0 saturated carbocycles. The molecule has 1 aromatic heterocycles. The molecular formula is C24H28ClN6O2P. The Hall–Kier alpha value is -2.67. The van der Waals surface area contributed by atoms with E-state index in [4.69, 9.17) is 31.1 Å². The summed E-state index contributed by atoms with van der Waals surface area (Å²) in [6.45, 7) is 4.66. The molecule has 0 aliphatic carbocycles. The molecule has 3 aliphatic rings. The molecule has 1 aromatic carbocycles. The lowest BCUT2D eigenvalue weighted by Crippen LogP contribution is -2.43. The van der Waals surface area contributed by atoms with Crippen molar-refractivity contribution in [2.45, 2.75) is 6.42 Å². The number of guanidine groups is 1. The number of halogens is 1. The maximum absolute atomic E-state index is 6.38. The van der Waals surface area contributed by atoms with E-state index in [-0.39, 0.29) is 0 Å². The van der Waals surface area contributed by atoms with Gasteiger partial charge in [-0.2, -0.15) is 4.99 Å². The number of methoxy groups -OCH3 is 1. The van der Waals surface area contributed by atoms with E-state index in [0.717, 1.165) is 73.5 Å². The second kappa shape index (κ2) is 10.7. The van der Waals surface area contributed by atoms with E-state index >= 15 is 0 Å². The minimum atomic E-state index is 0.561. The van der Waals surface area contributed by atoms with Crippen LogP contribution < -0.4 is 9.64 Å². The number of anilines is 1. The van der Waals surface area contributed by atoms with Crippen LogP contribution in [0.15, 0.2) is 58.7 Å². The van der Waals surface area contributed by atoms with Gasteiger partial charge in [0.15, 0.2) is 0 Å². The Labute approximate surface area is 206 Å². The normalized spacial score (nSPS) is 19.9. The van der Waals surface area contributed by atoms with Crippen molar-refractivity contribution < 1.29 is 9.47 Å². The molecule has 0 bridgehead atoms. The molecule has 2 fully saturated rings. The number of aliphatic imine (C=N–C) groups is 2. The fourth-order valence-electron chi connectivity index (χ4n) is 4.13. The Kier molecular flexibility index (Phi) is 7.28. The van der Waals surface area contributed by atoms with Gasteiger partial charge in [-0.25, -0.2) is 9.98 Å². The molecule has 0 N–H and O–H groups in total. The van der Waals surface area contributed by atoms with Gasteiger partial charge in [0, 0.05) is 44.4 Å². The standard InChI is InChI=1S/C24H28ClN6O2P/c1-32-19-5-2-4-18(16-19)21-7-8-22(28-24(27-21)29-12-14-33-15-13-29)31-11-10-30(17-34-31)23-20(25)6-3-9-26-23/h2-7,9,16,34H,8,10-15,17H2,1H3. The summed E-state index contributed by atoms with van der Waals surface area (Å²) >= 11 is 6.38. The highest BCUT2D eigenvalue weighted by Gasteiger charge is 2.25. The zero-order chi connectivity index (χ0) is 23.3. The molecule has 1 unspecified atom stereocenters. The zero-order valence-corrected chi connectivity index (χ0v) is 20.9. The summed E-state index contributed by atoms with van der Waals surface area (Å²) in [6, 6.07) is 11.8. The van der Waals surface area contributed by atoms with Gasteiger partial charge in [-0.1, -0.05) is 29.8 Å². The Bertz CT molecular complexity index is 1110. The van der Waals surface area contributed by atoms with Crippen molar-refractivity contribution in [1.82, 2.24) is 14.6 Å². The molecule has 10 heteroatoms. The van der Waals surface area contributed by atoms with Crippen molar-refractivity contribution in [1.29, 1.82) is 0 Å². The molecule has 8 nitrogen and oxygen atoms in total. The predicted molar refractivity (Wildman–Crippen MR) is 139 cm³/mol. The van der Waals surface area contributed by atoms with E-state index in [1.165, 1.54) is 0 Å². The van der Waals surface area contributed by atoms with Crippen LogP contribution in [0.25, 0.3) is 5.70 Å². The number of morpholine rings is 1. The number of benzene rings is 1. The maximum atomic E-state index is 6.38. The first-order valence-corrected chi connectivity index (χ1v) is 12.9. The largest absolute Gasteiger partial charge is 0.497 e. The van der Waals surface area contributed by atoms with E-state index in [0.29, 0.717) is 27.0 Å². The number of nitrogens with zero attached hydrogens (tertiary/aromatic N) is 6. The number of ether oxygens (including phenoxy) is 2. The molecule has 5 rings (SSSR count). The van der Waals surface area contributed by atoms with Crippen LogP contribution in [0.3, 0.4) is 0 Å². The number of rotatable bonds is 3. The second-order valence-electron chi connectivity index (χ2n) is 8.10. The third-order valence-corrected chi connectivity index (χ3v) is 7.66. The molecule has 2 saturated heterocycles. The van der Waals surface area contributed by atoms with E-state index in [9.17, 15) is 0 Å². The molecule has 34 heavy (non-hydrogen) atoms. The minimum Gasteiger partial charge on any atom is -0.497 e. The summed E-state index contributed by atoms with van der Waals surface area (Å²) in [5.41, 5.74) is 1.94. The van der Waals surface area contributed by atoms with Crippen LogP contribution in [0.2, 0.25) is 5.02 Å². The minimum absolute atomic E-state index is 0.561. The smallest absolute Gasteiger partial charge is 0.227 e. The van der Waals surface area contributed by atoms with Crippen LogP contribution in [0.5, 0.6) is 5.75 Å². The Balaban J connectivity index is 1.38. The van der Waals surface area contributed by atoms with E-state index in [1.54, 1.807) is 13.3 Å². The summed E-state index contributed by atoms with van der Waals surface area (Å²) in [5, 5.41) is 0.695. The van der Waals surface area contributed by atoms with Crippen LogP contribution in [0.4, 0.5) is 5.82 Å². The third-order valence-electron chi connectivity index (χ3n) is 5.98. The van der Waals surface area contributed by atoms with Crippen molar-refractivity contribution in [3.8, 4) is 5.75 Å². The summed E-state index contributed by atoms with van der Waals surface area (Å²) in [6.07, 6.45) is 5.56. The first-order chi connectivity index (χ1) is 16.7. The van der Waals surface area contributed by atoms with E-state index < -0.39 is 0 Å². The number of pyridine rings is 1. The van der Waals surface area contributed by atoms with Gasteiger partial charge >= 0.3 is 0 Å². The lowest BCUT2D eigenvalue weighted by molar-refractivity contribution is 0.0676. The SMILES string of the molecule is COc1cccc(C2=CCC(N3CCN(c4ncccc4Cl)CP3)=NC(N3CCOCC3)=N2)c1. The van der Waals surface area contributed by atoms with Crippen LogP contribution in [-0.4, -0.2) is 79.1 Å². The van der Waals surface area contributed by atoms with Crippen molar-refractivity contribution in [2.24, 2.45) is 9.98 Å². The maximum Gasteiger partial charge on any atom is 0.227 e. The van der Waals surface area contributed by atoms with Crippen LogP contribution >= 0.6 is 20.3 Å². The molecule has 0 radical (unpaired) electrons. The number of amidine groups is 1. The van der Waals surface area contributed by atoms with Gasteiger partial charge in [0.2, 0.25) is 5.96 Å². The summed E-state index contributed by atoms with van der Waals surface area (Å²) < 4.78 is 13.4. The average Bonchev–Trinajstić information content (AvgIpc) is 3.13. The first kappa shape index (κ1) is 23.1. The van der Waals surface area contributed by atoms with Gasteiger partial charge in [-0.3, -0.25) is 0 Å². The molecule has 3 aliphatic heterocycles. The highest BCUT2D eigenvalue weighted by Crippen LogP contribution is 2.33. The van der Waals surface area contributed by atoms with Gasteiger partial charge in [-0.15, -0.1) is 0 Å². The Morgan fingerprint density at radius 2 is 1.91 bits per heavy atom. The van der Waals surface area contributed by atoms with E-state index in [1.807, 2.05) is 30.3 Å². The van der Waals surface area contributed by atoms with Crippen molar-refractivity contribution in [3.05, 3.63) is 59.3 Å². The highest BCUT2D eigenvalue weighted by atomic mass is 35.5. The molecule has 178 valence electrons. The lowest BCUT2D eigenvalue weighted by Gasteiger charge is -2.37. The van der Waals surface area contributed by atoms with Crippen molar-refractivity contribution in [3.63, 3.8) is 0 Å². The number of hydrogen-bond acceptors (Lipinski definition) is 8. The summed E-state index contributed by atoms with van der Waals surface area (Å²) in [5.74, 6) is 3.48. The number of hydrogen-bond donors (Lipinski definition) is 0. The fourth-order valence-corrected chi connectivity index (χ4v) is 5.60. The second-order valence-corrected chi connectivity index (χ2v) is 9.68. The van der Waals surface area contributed by atoms with Gasteiger partial charge in [0.1, 0.15) is 17.4 Å².